The molecule has 1 N–H and O–H groups in total. The van der Waals surface area contributed by atoms with Gasteiger partial charge in [0, 0.05) is 31.0 Å². The van der Waals surface area contributed by atoms with Gasteiger partial charge in [-0.05, 0) is 18.6 Å². The standard InChI is InChI=1S/C14H16N2O3/c17-9-10-5-6-16(8-10)14(18)7-12-11-3-1-2-4-13(11)19-15-12/h1-4,10,17H,5-9H2. The van der Waals surface area contributed by atoms with Crippen molar-refractivity contribution in [3.8, 4) is 0 Å². The molecule has 1 atom stereocenters. The van der Waals surface area contributed by atoms with Gasteiger partial charge in [0.1, 0.15) is 5.69 Å². The number of carbonyl (C=O) groups is 1. The first kappa shape index (κ1) is 12.2. The maximum atomic E-state index is 12.2. The van der Waals surface area contributed by atoms with Crippen molar-refractivity contribution < 1.29 is 14.4 Å². The summed E-state index contributed by atoms with van der Waals surface area (Å²) in [4.78, 5) is 14.0. The van der Waals surface area contributed by atoms with Gasteiger partial charge >= 0.3 is 0 Å². The van der Waals surface area contributed by atoms with Gasteiger partial charge in [-0.1, -0.05) is 17.3 Å². The maximum absolute atomic E-state index is 12.2. The van der Waals surface area contributed by atoms with E-state index in [9.17, 15) is 4.79 Å². The van der Waals surface area contributed by atoms with Crippen LogP contribution < -0.4 is 0 Å². The topological polar surface area (TPSA) is 66.6 Å². The molecule has 1 aliphatic heterocycles. The number of fused-ring (bicyclic) bond motifs is 1. The van der Waals surface area contributed by atoms with Crippen LogP contribution in [0.4, 0.5) is 0 Å². The van der Waals surface area contributed by atoms with Gasteiger partial charge in [-0.3, -0.25) is 4.79 Å². The Labute approximate surface area is 110 Å². The number of benzene rings is 1. The highest BCUT2D eigenvalue weighted by atomic mass is 16.5. The average Bonchev–Trinajstić information content (AvgIpc) is 3.06. The van der Waals surface area contributed by atoms with Crippen LogP contribution in [0.25, 0.3) is 11.0 Å². The number of aliphatic hydroxyl groups is 1. The molecule has 2 heterocycles. The van der Waals surface area contributed by atoms with Gasteiger partial charge in [-0.25, -0.2) is 0 Å². The van der Waals surface area contributed by atoms with E-state index in [1.165, 1.54) is 0 Å². The van der Waals surface area contributed by atoms with Gasteiger partial charge in [-0.2, -0.15) is 0 Å². The molecule has 5 heteroatoms. The fourth-order valence-electron chi connectivity index (χ4n) is 2.53. The first-order valence-corrected chi connectivity index (χ1v) is 6.50. The SMILES string of the molecule is O=C(Cc1noc2ccccc12)N1CCC(CO)C1. The fourth-order valence-corrected chi connectivity index (χ4v) is 2.53. The molecule has 19 heavy (non-hydrogen) atoms. The molecule has 5 nitrogen and oxygen atoms in total. The van der Waals surface area contributed by atoms with Gasteiger partial charge in [0.25, 0.3) is 0 Å². The molecule has 0 radical (unpaired) electrons. The number of aromatic nitrogens is 1. The highest BCUT2D eigenvalue weighted by Crippen LogP contribution is 2.21. The molecule has 100 valence electrons. The van der Waals surface area contributed by atoms with Crippen LogP contribution in [0.1, 0.15) is 12.1 Å². The number of aliphatic hydroxyl groups excluding tert-OH is 1. The van der Waals surface area contributed by atoms with E-state index >= 15 is 0 Å². The first-order chi connectivity index (χ1) is 9.28. The van der Waals surface area contributed by atoms with Crippen LogP contribution in [0.5, 0.6) is 0 Å². The van der Waals surface area contributed by atoms with Crippen LogP contribution in [0.2, 0.25) is 0 Å². The molecule has 1 saturated heterocycles. The number of hydrogen-bond donors (Lipinski definition) is 1. The second kappa shape index (κ2) is 5.01. The Morgan fingerprint density at radius 1 is 1.47 bits per heavy atom. The van der Waals surface area contributed by atoms with Crippen molar-refractivity contribution in [1.82, 2.24) is 10.1 Å². The maximum Gasteiger partial charge on any atom is 0.228 e. The molecule has 1 aliphatic rings. The second-order valence-corrected chi connectivity index (χ2v) is 4.98. The van der Waals surface area contributed by atoms with Gasteiger partial charge in [0.15, 0.2) is 5.58 Å². The van der Waals surface area contributed by atoms with E-state index in [0.29, 0.717) is 17.8 Å². The third kappa shape index (κ3) is 2.33. The molecule has 0 aliphatic carbocycles. The third-order valence-corrected chi connectivity index (χ3v) is 3.67. The van der Waals surface area contributed by atoms with E-state index in [2.05, 4.69) is 5.16 Å². The highest BCUT2D eigenvalue weighted by molar-refractivity contribution is 5.86. The van der Waals surface area contributed by atoms with E-state index in [0.717, 1.165) is 18.4 Å². The summed E-state index contributed by atoms with van der Waals surface area (Å²) < 4.78 is 5.19. The van der Waals surface area contributed by atoms with E-state index in [-0.39, 0.29) is 24.9 Å². The molecule has 1 amide bonds. The van der Waals surface area contributed by atoms with Crippen molar-refractivity contribution in [2.24, 2.45) is 5.92 Å². The van der Waals surface area contributed by atoms with E-state index < -0.39 is 0 Å². The Kier molecular flexibility index (Phi) is 3.21. The van der Waals surface area contributed by atoms with Crippen LogP contribution in [0.15, 0.2) is 28.8 Å². The summed E-state index contributed by atoms with van der Waals surface area (Å²) in [6.07, 6.45) is 1.14. The smallest absolute Gasteiger partial charge is 0.228 e. The Balaban J connectivity index is 1.73. The lowest BCUT2D eigenvalue weighted by Crippen LogP contribution is -2.30. The number of carbonyl (C=O) groups excluding carboxylic acids is 1. The van der Waals surface area contributed by atoms with Crippen LogP contribution in [0.3, 0.4) is 0 Å². The molecule has 1 aromatic carbocycles. The summed E-state index contributed by atoms with van der Waals surface area (Å²) in [5, 5.41) is 14.0. The summed E-state index contributed by atoms with van der Waals surface area (Å²) in [6.45, 7) is 1.52. The molecular formula is C14H16N2O3. The fraction of sp³-hybridized carbons (Fsp3) is 0.429. The lowest BCUT2D eigenvalue weighted by molar-refractivity contribution is -0.129. The Morgan fingerprint density at radius 3 is 3.11 bits per heavy atom. The number of nitrogens with zero attached hydrogens (tertiary/aromatic N) is 2. The molecule has 0 spiro atoms. The number of hydrogen-bond acceptors (Lipinski definition) is 4. The molecule has 1 unspecified atom stereocenters. The number of amides is 1. The van der Waals surface area contributed by atoms with Crippen molar-refractivity contribution in [2.75, 3.05) is 19.7 Å². The van der Waals surface area contributed by atoms with Gasteiger partial charge in [-0.15, -0.1) is 0 Å². The van der Waals surface area contributed by atoms with Crippen LogP contribution in [0, 0.1) is 5.92 Å². The summed E-state index contributed by atoms with van der Waals surface area (Å²) in [5.41, 5.74) is 1.40. The van der Waals surface area contributed by atoms with Gasteiger partial charge in [0.05, 0.1) is 6.42 Å². The van der Waals surface area contributed by atoms with Crippen molar-refractivity contribution in [2.45, 2.75) is 12.8 Å². The van der Waals surface area contributed by atoms with E-state index in [1.54, 1.807) is 4.90 Å². The normalized spacial score (nSPS) is 19.2. The summed E-state index contributed by atoms with van der Waals surface area (Å²) in [5.74, 6) is 0.271. The molecular weight excluding hydrogens is 244 g/mol. The van der Waals surface area contributed by atoms with Gasteiger partial charge < -0.3 is 14.5 Å². The van der Waals surface area contributed by atoms with Crippen LogP contribution in [-0.4, -0.2) is 40.8 Å². The van der Waals surface area contributed by atoms with Crippen molar-refractivity contribution in [1.29, 1.82) is 0 Å². The molecule has 1 fully saturated rings. The number of likely N-dealkylation sites (tertiary alicyclic amines) is 1. The molecule has 1 aromatic heterocycles. The monoisotopic (exact) mass is 260 g/mol. The van der Waals surface area contributed by atoms with E-state index in [4.69, 9.17) is 9.63 Å². The predicted octanol–water partition coefficient (Wildman–Crippen LogP) is 1.21. The number of rotatable bonds is 3. The third-order valence-electron chi connectivity index (χ3n) is 3.67. The summed E-state index contributed by atoms with van der Waals surface area (Å²) >= 11 is 0. The first-order valence-electron chi connectivity index (χ1n) is 6.50. The van der Waals surface area contributed by atoms with E-state index in [1.807, 2.05) is 24.3 Å². The lowest BCUT2D eigenvalue weighted by atomic mass is 10.1. The van der Waals surface area contributed by atoms with Gasteiger partial charge in [0.2, 0.25) is 5.91 Å². The largest absolute Gasteiger partial charge is 0.396 e. The zero-order valence-electron chi connectivity index (χ0n) is 10.6. The summed E-state index contributed by atoms with van der Waals surface area (Å²) in [7, 11) is 0. The van der Waals surface area contributed by atoms with Crippen molar-refractivity contribution in [3.63, 3.8) is 0 Å². The minimum atomic E-state index is 0.0509. The quantitative estimate of drug-likeness (QED) is 0.900. The number of para-hydroxylation sites is 1. The highest BCUT2D eigenvalue weighted by Gasteiger charge is 2.26. The Hall–Kier alpha value is -1.88. The minimum Gasteiger partial charge on any atom is -0.396 e. The predicted molar refractivity (Wildman–Crippen MR) is 69.5 cm³/mol. The average molecular weight is 260 g/mol. The van der Waals surface area contributed by atoms with Crippen LogP contribution >= 0.6 is 0 Å². The lowest BCUT2D eigenvalue weighted by Gasteiger charge is -2.15. The minimum absolute atomic E-state index is 0.0509. The zero-order chi connectivity index (χ0) is 13.2. The summed E-state index contributed by atoms with van der Waals surface area (Å²) in [6, 6.07) is 7.54. The molecule has 3 rings (SSSR count). The molecule has 2 aromatic rings. The Morgan fingerprint density at radius 2 is 2.32 bits per heavy atom. The van der Waals surface area contributed by atoms with Crippen LogP contribution in [-0.2, 0) is 11.2 Å². The Bertz CT molecular complexity index is 593. The zero-order valence-corrected chi connectivity index (χ0v) is 10.6. The van der Waals surface area contributed by atoms with Crippen molar-refractivity contribution in [3.05, 3.63) is 30.0 Å². The van der Waals surface area contributed by atoms with Crippen molar-refractivity contribution >= 4 is 16.9 Å². The molecule has 0 saturated carbocycles. The molecule has 0 bridgehead atoms. The second-order valence-electron chi connectivity index (χ2n) is 4.98.